The maximum absolute atomic E-state index is 12.8. The summed E-state index contributed by atoms with van der Waals surface area (Å²) in [6.45, 7) is 2.97. The molecule has 1 amide bonds. The number of aliphatic hydroxyl groups is 1. The van der Waals surface area contributed by atoms with E-state index in [1.54, 1.807) is 11.3 Å². The lowest BCUT2D eigenvalue weighted by Crippen LogP contribution is -2.52. The Kier molecular flexibility index (Phi) is 4.10. The van der Waals surface area contributed by atoms with E-state index in [1.807, 2.05) is 17.2 Å². The predicted octanol–water partition coefficient (Wildman–Crippen LogP) is 1.85. The van der Waals surface area contributed by atoms with Crippen LogP contribution >= 0.6 is 11.3 Å². The highest BCUT2D eigenvalue weighted by atomic mass is 32.1. The van der Waals surface area contributed by atoms with Crippen LogP contribution in [-0.4, -0.2) is 47.8 Å². The lowest BCUT2D eigenvalue weighted by molar-refractivity contribution is -0.0667. The molecule has 2 heterocycles. The van der Waals surface area contributed by atoms with Crippen LogP contribution in [0.5, 0.6) is 0 Å². The Balaban J connectivity index is 1.82. The third-order valence-corrected chi connectivity index (χ3v) is 5.35. The van der Waals surface area contributed by atoms with Gasteiger partial charge in [0.1, 0.15) is 0 Å². The molecule has 0 radical (unpaired) electrons. The van der Waals surface area contributed by atoms with E-state index < -0.39 is 0 Å². The van der Waals surface area contributed by atoms with Gasteiger partial charge in [0.2, 0.25) is 0 Å². The lowest BCUT2D eigenvalue weighted by Gasteiger charge is -2.37. The Labute approximate surface area is 123 Å². The number of carbonyl (C=O) groups excluding carboxylic acids is 1. The molecule has 0 bridgehead atoms. The van der Waals surface area contributed by atoms with Crippen LogP contribution in [-0.2, 0) is 17.6 Å². The van der Waals surface area contributed by atoms with Crippen LogP contribution in [0.2, 0.25) is 0 Å². The van der Waals surface area contributed by atoms with Crippen LogP contribution in [0.3, 0.4) is 0 Å². The Morgan fingerprint density at radius 2 is 2.30 bits per heavy atom. The fraction of sp³-hybridized carbons (Fsp3) is 0.667. The summed E-state index contributed by atoms with van der Waals surface area (Å²) in [5.74, 6) is 0.110. The van der Waals surface area contributed by atoms with E-state index in [4.69, 9.17) is 4.74 Å². The van der Waals surface area contributed by atoms with Crippen molar-refractivity contribution in [1.82, 2.24) is 4.90 Å². The zero-order valence-electron chi connectivity index (χ0n) is 11.8. The van der Waals surface area contributed by atoms with Crippen molar-refractivity contribution in [2.45, 2.75) is 44.8 Å². The molecular weight excluding hydrogens is 274 g/mol. The molecule has 0 aromatic carbocycles. The summed E-state index contributed by atoms with van der Waals surface area (Å²) in [4.78, 5) is 16.1. The van der Waals surface area contributed by atoms with Crippen LogP contribution in [0.4, 0.5) is 0 Å². The summed E-state index contributed by atoms with van der Waals surface area (Å²) >= 11 is 1.72. The van der Waals surface area contributed by atoms with Crippen molar-refractivity contribution in [3.05, 3.63) is 21.4 Å². The van der Waals surface area contributed by atoms with Crippen LogP contribution in [0.15, 0.2) is 5.38 Å². The van der Waals surface area contributed by atoms with Crippen molar-refractivity contribution < 1.29 is 14.6 Å². The summed E-state index contributed by atoms with van der Waals surface area (Å²) in [5.41, 5.74) is 2.15. The third-order valence-electron chi connectivity index (χ3n) is 4.26. The Bertz CT molecular complexity index is 499. The Morgan fingerprint density at radius 3 is 3.10 bits per heavy atom. The van der Waals surface area contributed by atoms with Gasteiger partial charge in [-0.25, -0.2) is 0 Å². The number of rotatable bonds is 2. The number of hydrogen-bond donors (Lipinski definition) is 1. The van der Waals surface area contributed by atoms with Crippen LogP contribution in [0.25, 0.3) is 0 Å². The lowest BCUT2D eigenvalue weighted by atomic mass is 9.95. The molecule has 4 nitrogen and oxygen atoms in total. The highest BCUT2D eigenvalue weighted by Gasteiger charge is 2.32. The van der Waals surface area contributed by atoms with E-state index in [0.29, 0.717) is 13.2 Å². The fourth-order valence-electron chi connectivity index (χ4n) is 3.04. The largest absolute Gasteiger partial charge is 0.394 e. The van der Waals surface area contributed by atoms with Crippen molar-refractivity contribution in [1.29, 1.82) is 0 Å². The van der Waals surface area contributed by atoms with Crippen LogP contribution in [0.1, 0.15) is 40.6 Å². The number of ether oxygens (including phenoxy) is 1. The number of amides is 1. The minimum Gasteiger partial charge on any atom is -0.394 e. The van der Waals surface area contributed by atoms with E-state index in [9.17, 15) is 9.90 Å². The second-order valence-corrected chi connectivity index (χ2v) is 6.67. The summed E-state index contributed by atoms with van der Waals surface area (Å²) < 4.78 is 5.51. The van der Waals surface area contributed by atoms with Crippen molar-refractivity contribution in [3.8, 4) is 0 Å². The molecule has 5 heteroatoms. The molecule has 1 aliphatic carbocycles. The zero-order chi connectivity index (χ0) is 14.1. The summed E-state index contributed by atoms with van der Waals surface area (Å²) in [7, 11) is 0. The molecule has 1 N–H and O–H groups in total. The van der Waals surface area contributed by atoms with E-state index >= 15 is 0 Å². The van der Waals surface area contributed by atoms with Gasteiger partial charge in [-0.3, -0.25) is 4.79 Å². The van der Waals surface area contributed by atoms with Crippen molar-refractivity contribution in [2.24, 2.45) is 0 Å². The highest BCUT2D eigenvalue weighted by molar-refractivity contribution is 7.10. The molecule has 0 saturated carbocycles. The number of nitrogens with zero attached hydrogens (tertiary/aromatic N) is 1. The van der Waals surface area contributed by atoms with E-state index in [2.05, 4.69) is 0 Å². The fourth-order valence-corrected chi connectivity index (χ4v) is 4.16. The maximum atomic E-state index is 12.8. The molecule has 1 aromatic heterocycles. The molecule has 1 fully saturated rings. The molecule has 110 valence electrons. The van der Waals surface area contributed by atoms with Gasteiger partial charge in [0, 0.05) is 16.8 Å². The van der Waals surface area contributed by atoms with Gasteiger partial charge in [0.15, 0.2) is 0 Å². The number of fused-ring (bicyclic) bond motifs is 1. The number of hydrogen-bond acceptors (Lipinski definition) is 4. The summed E-state index contributed by atoms with van der Waals surface area (Å²) in [6.07, 6.45) is 4.32. The van der Waals surface area contributed by atoms with Gasteiger partial charge >= 0.3 is 0 Å². The van der Waals surface area contributed by atoms with Gasteiger partial charge in [-0.15, -0.1) is 11.3 Å². The standard InChI is InChI=1S/C15H21NO3S/c1-10-8-19-11(7-17)6-16(10)15(18)13-9-20-14-5-3-2-4-12(13)14/h9-11,17H,2-8H2,1H3. The van der Waals surface area contributed by atoms with Crippen molar-refractivity contribution in [2.75, 3.05) is 19.8 Å². The van der Waals surface area contributed by atoms with Gasteiger partial charge in [-0.2, -0.15) is 0 Å². The highest BCUT2D eigenvalue weighted by Crippen LogP contribution is 2.31. The predicted molar refractivity (Wildman–Crippen MR) is 78.3 cm³/mol. The number of carbonyl (C=O) groups is 1. The Morgan fingerprint density at radius 1 is 1.50 bits per heavy atom. The van der Waals surface area contributed by atoms with Gasteiger partial charge in [0.05, 0.1) is 30.9 Å². The summed E-state index contributed by atoms with van der Waals surface area (Å²) in [6, 6.07) is 0.0736. The first-order valence-corrected chi connectivity index (χ1v) is 8.21. The molecule has 2 aliphatic rings. The molecular formula is C15H21NO3S. The average Bonchev–Trinajstić information content (AvgIpc) is 2.91. The normalized spacial score (nSPS) is 26.4. The SMILES string of the molecule is CC1COC(CO)CN1C(=O)c1csc2c1CCCC2. The van der Waals surface area contributed by atoms with Gasteiger partial charge in [0.25, 0.3) is 5.91 Å². The molecule has 2 atom stereocenters. The number of morpholine rings is 1. The number of aryl methyl sites for hydroxylation is 1. The first-order valence-electron chi connectivity index (χ1n) is 7.33. The third kappa shape index (κ3) is 2.50. The molecule has 2 unspecified atom stereocenters. The average molecular weight is 295 g/mol. The zero-order valence-corrected chi connectivity index (χ0v) is 12.6. The number of thiophene rings is 1. The molecule has 1 aromatic rings. The van der Waals surface area contributed by atoms with Crippen molar-refractivity contribution >= 4 is 17.2 Å². The van der Waals surface area contributed by atoms with Crippen molar-refractivity contribution in [3.63, 3.8) is 0 Å². The minimum atomic E-state index is -0.246. The molecule has 3 rings (SSSR count). The first kappa shape index (κ1) is 14.0. The second kappa shape index (κ2) is 5.84. The first-order chi connectivity index (χ1) is 9.70. The van der Waals surface area contributed by atoms with E-state index in [-0.39, 0.29) is 24.7 Å². The summed E-state index contributed by atoms with van der Waals surface area (Å²) in [5, 5.41) is 11.3. The molecule has 1 saturated heterocycles. The maximum Gasteiger partial charge on any atom is 0.255 e. The topological polar surface area (TPSA) is 49.8 Å². The van der Waals surface area contributed by atoms with Crippen LogP contribution < -0.4 is 0 Å². The molecule has 0 spiro atoms. The number of aliphatic hydroxyl groups excluding tert-OH is 1. The minimum absolute atomic E-state index is 0.0295. The Hall–Kier alpha value is -0.910. The van der Waals surface area contributed by atoms with Gasteiger partial charge in [-0.05, 0) is 38.2 Å². The quantitative estimate of drug-likeness (QED) is 0.906. The second-order valence-electron chi connectivity index (χ2n) is 5.70. The molecule has 20 heavy (non-hydrogen) atoms. The smallest absolute Gasteiger partial charge is 0.255 e. The molecule has 1 aliphatic heterocycles. The van der Waals surface area contributed by atoms with Gasteiger partial charge < -0.3 is 14.7 Å². The van der Waals surface area contributed by atoms with E-state index in [1.165, 1.54) is 23.3 Å². The van der Waals surface area contributed by atoms with Gasteiger partial charge in [-0.1, -0.05) is 0 Å². The monoisotopic (exact) mass is 295 g/mol. The van der Waals surface area contributed by atoms with E-state index in [0.717, 1.165) is 18.4 Å². The van der Waals surface area contributed by atoms with Crippen LogP contribution in [0, 0.1) is 0 Å².